The van der Waals surface area contributed by atoms with Crippen molar-refractivity contribution in [2.75, 3.05) is 13.7 Å². The second-order valence-electron chi connectivity index (χ2n) is 5.35. The second kappa shape index (κ2) is 5.82. The van der Waals surface area contributed by atoms with Gasteiger partial charge in [0, 0.05) is 13.1 Å². The topological polar surface area (TPSA) is 38.3 Å². The minimum Gasteiger partial charge on any atom is -0.465 e. The molecule has 3 nitrogen and oxygen atoms in total. The number of carbonyl (C=O) groups excluding carboxylic acids is 1. The van der Waals surface area contributed by atoms with Gasteiger partial charge >= 0.3 is 5.97 Å². The summed E-state index contributed by atoms with van der Waals surface area (Å²) in [4.78, 5) is 11.2. The Bertz CT molecular complexity index is 363. The highest BCUT2D eigenvalue weighted by Gasteiger charge is 2.09. The van der Waals surface area contributed by atoms with Crippen molar-refractivity contribution in [3.63, 3.8) is 0 Å². The fourth-order valence-electron chi connectivity index (χ4n) is 1.46. The zero-order chi connectivity index (χ0) is 12.9. The number of benzene rings is 1. The van der Waals surface area contributed by atoms with Gasteiger partial charge in [0.25, 0.3) is 0 Å². The number of ether oxygens (including phenoxy) is 1. The van der Waals surface area contributed by atoms with E-state index in [0.29, 0.717) is 5.56 Å². The molecule has 0 saturated heterocycles. The van der Waals surface area contributed by atoms with Crippen LogP contribution in [0.1, 0.15) is 36.7 Å². The van der Waals surface area contributed by atoms with E-state index in [1.807, 2.05) is 12.1 Å². The summed E-state index contributed by atoms with van der Waals surface area (Å²) < 4.78 is 4.65. The van der Waals surface area contributed by atoms with Crippen LogP contribution in [-0.2, 0) is 11.3 Å². The van der Waals surface area contributed by atoms with Crippen LogP contribution < -0.4 is 5.32 Å². The van der Waals surface area contributed by atoms with E-state index in [1.54, 1.807) is 12.1 Å². The average Bonchev–Trinajstić information content (AvgIpc) is 2.27. The molecule has 0 heterocycles. The summed E-state index contributed by atoms with van der Waals surface area (Å²) >= 11 is 0. The lowest BCUT2D eigenvalue weighted by atomic mass is 9.97. The van der Waals surface area contributed by atoms with Gasteiger partial charge in [0.15, 0.2) is 0 Å². The molecule has 0 spiro atoms. The second-order valence-corrected chi connectivity index (χ2v) is 5.35. The minimum atomic E-state index is -0.292. The highest BCUT2D eigenvalue weighted by atomic mass is 16.5. The van der Waals surface area contributed by atoms with Gasteiger partial charge in [-0.05, 0) is 23.1 Å². The molecule has 0 aliphatic carbocycles. The smallest absolute Gasteiger partial charge is 0.337 e. The van der Waals surface area contributed by atoms with Gasteiger partial charge in [0.1, 0.15) is 0 Å². The number of rotatable bonds is 4. The summed E-state index contributed by atoms with van der Waals surface area (Å²) in [5.41, 5.74) is 2.04. The Labute approximate surface area is 103 Å². The molecule has 1 aromatic carbocycles. The molecular formula is C14H21NO2. The van der Waals surface area contributed by atoms with Gasteiger partial charge in [-0.3, -0.25) is 0 Å². The van der Waals surface area contributed by atoms with Crippen LogP contribution in [0.15, 0.2) is 24.3 Å². The van der Waals surface area contributed by atoms with Crippen LogP contribution in [0, 0.1) is 5.41 Å². The molecule has 94 valence electrons. The van der Waals surface area contributed by atoms with Gasteiger partial charge < -0.3 is 10.1 Å². The maximum Gasteiger partial charge on any atom is 0.337 e. The molecular weight excluding hydrogens is 214 g/mol. The maximum absolute atomic E-state index is 11.2. The Morgan fingerprint density at radius 1 is 1.24 bits per heavy atom. The van der Waals surface area contributed by atoms with Crippen LogP contribution in [0.2, 0.25) is 0 Å². The molecule has 1 N–H and O–H groups in total. The predicted octanol–water partition coefficient (Wildman–Crippen LogP) is 2.61. The molecule has 1 rings (SSSR count). The standard InChI is InChI=1S/C14H21NO2/c1-14(2,3)10-15-9-11-5-7-12(8-6-11)13(16)17-4/h5-8,15H,9-10H2,1-4H3. The van der Waals surface area contributed by atoms with Crippen molar-refractivity contribution >= 4 is 5.97 Å². The Morgan fingerprint density at radius 3 is 2.29 bits per heavy atom. The Balaban J connectivity index is 2.49. The summed E-state index contributed by atoms with van der Waals surface area (Å²) in [5.74, 6) is -0.292. The normalized spacial score (nSPS) is 11.3. The largest absolute Gasteiger partial charge is 0.465 e. The molecule has 0 amide bonds. The fourth-order valence-corrected chi connectivity index (χ4v) is 1.46. The van der Waals surface area contributed by atoms with E-state index in [-0.39, 0.29) is 11.4 Å². The average molecular weight is 235 g/mol. The zero-order valence-electron chi connectivity index (χ0n) is 11.0. The molecule has 0 saturated carbocycles. The highest BCUT2D eigenvalue weighted by Crippen LogP contribution is 2.11. The van der Waals surface area contributed by atoms with Crippen molar-refractivity contribution in [1.82, 2.24) is 5.32 Å². The van der Waals surface area contributed by atoms with Crippen LogP contribution in [-0.4, -0.2) is 19.6 Å². The summed E-state index contributed by atoms with van der Waals surface area (Å²) in [6, 6.07) is 7.48. The summed E-state index contributed by atoms with van der Waals surface area (Å²) in [6.45, 7) is 8.37. The quantitative estimate of drug-likeness (QED) is 0.815. The first kappa shape index (κ1) is 13.7. The molecule has 3 heteroatoms. The van der Waals surface area contributed by atoms with Crippen molar-refractivity contribution in [3.8, 4) is 0 Å². The van der Waals surface area contributed by atoms with Crippen LogP contribution in [0.3, 0.4) is 0 Å². The number of hydrogen-bond donors (Lipinski definition) is 1. The number of esters is 1. The monoisotopic (exact) mass is 235 g/mol. The molecule has 0 aliphatic rings. The molecule has 0 fully saturated rings. The first-order valence-corrected chi connectivity index (χ1v) is 5.80. The van der Waals surface area contributed by atoms with Gasteiger partial charge in [0.05, 0.1) is 12.7 Å². The van der Waals surface area contributed by atoms with Gasteiger partial charge in [-0.25, -0.2) is 4.79 Å². The maximum atomic E-state index is 11.2. The van der Waals surface area contributed by atoms with Crippen LogP contribution in [0.4, 0.5) is 0 Å². The van der Waals surface area contributed by atoms with Crippen molar-refractivity contribution in [2.45, 2.75) is 27.3 Å². The fraction of sp³-hybridized carbons (Fsp3) is 0.500. The van der Waals surface area contributed by atoms with E-state index in [2.05, 4.69) is 30.8 Å². The molecule has 0 bridgehead atoms. The Hall–Kier alpha value is -1.35. The third-order valence-electron chi connectivity index (χ3n) is 2.36. The third-order valence-corrected chi connectivity index (χ3v) is 2.36. The summed E-state index contributed by atoms with van der Waals surface area (Å²) in [7, 11) is 1.39. The van der Waals surface area contributed by atoms with Crippen molar-refractivity contribution < 1.29 is 9.53 Å². The van der Waals surface area contributed by atoms with E-state index < -0.39 is 0 Å². The van der Waals surface area contributed by atoms with Crippen LogP contribution >= 0.6 is 0 Å². The van der Waals surface area contributed by atoms with Gasteiger partial charge in [-0.2, -0.15) is 0 Å². The first-order chi connectivity index (χ1) is 7.92. The van der Waals surface area contributed by atoms with Crippen LogP contribution in [0.25, 0.3) is 0 Å². The van der Waals surface area contributed by atoms with Crippen molar-refractivity contribution in [2.24, 2.45) is 5.41 Å². The predicted molar refractivity (Wildman–Crippen MR) is 68.9 cm³/mol. The Morgan fingerprint density at radius 2 is 1.82 bits per heavy atom. The van der Waals surface area contributed by atoms with E-state index >= 15 is 0 Å². The van der Waals surface area contributed by atoms with Crippen molar-refractivity contribution in [1.29, 1.82) is 0 Å². The molecule has 0 aromatic heterocycles. The molecule has 0 unspecified atom stereocenters. The van der Waals surface area contributed by atoms with Crippen LogP contribution in [0.5, 0.6) is 0 Å². The lowest BCUT2D eigenvalue weighted by Crippen LogP contribution is -2.26. The van der Waals surface area contributed by atoms with E-state index in [0.717, 1.165) is 13.1 Å². The molecule has 0 radical (unpaired) electrons. The number of nitrogens with one attached hydrogen (secondary N) is 1. The molecule has 0 aliphatic heterocycles. The lowest BCUT2D eigenvalue weighted by Gasteiger charge is -2.18. The highest BCUT2D eigenvalue weighted by molar-refractivity contribution is 5.89. The van der Waals surface area contributed by atoms with Crippen molar-refractivity contribution in [3.05, 3.63) is 35.4 Å². The molecule has 0 atom stereocenters. The minimum absolute atomic E-state index is 0.284. The number of carbonyl (C=O) groups is 1. The first-order valence-electron chi connectivity index (χ1n) is 5.80. The third kappa shape index (κ3) is 5.00. The summed E-state index contributed by atoms with van der Waals surface area (Å²) in [6.07, 6.45) is 0. The molecule has 1 aromatic rings. The van der Waals surface area contributed by atoms with Gasteiger partial charge in [0.2, 0.25) is 0 Å². The number of hydrogen-bond acceptors (Lipinski definition) is 3. The van der Waals surface area contributed by atoms with Gasteiger partial charge in [-0.1, -0.05) is 32.9 Å². The summed E-state index contributed by atoms with van der Waals surface area (Å²) in [5, 5.41) is 3.39. The van der Waals surface area contributed by atoms with E-state index in [4.69, 9.17) is 0 Å². The Kier molecular flexibility index (Phi) is 4.70. The SMILES string of the molecule is COC(=O)c1ccc(CNCC(C)(C)C)cc1. The lowest BCUT2D eigenvalue weighted by molar-refractivity contribution is 0.0600. The van der Waals surface area contributed by atoms with E-state index in [9.17, 15) is 4.79 Å². The van der Waals surface area contributed by atoms with E-state index in [1.165, 1.54) is 12.7 Å². The molecule has 17 heavy (non-hydrogen) atoms. The zero-order valence-corrected chi connectivity index (χ0v) is 11.0. The number of methoxy groups -OCH3 is 1. The van der Waals surface area contributed by atoms with Gasteiger partial charge in [-0.15, -0.1) is 0 Å².